The summed E-state index contributed by atoms with van der Waals surface area (Å²) < 4.78 is 2.05. The molecule has 1 aromatic heterocycles. The number of hydrogen-bond donors (Lipinski definition) is 2. The summed E-state index contributed by atoms with van der Waals surface area (Å²) in [5.41, 5.74) is 4.02. The predicted octanol–water partition coefficient (Wildman–Crippen LogP) is 3.96. The van der Waals surface area contributed by atoms with E-state index < -0.39 is 0 Å². The van der Waals surface area contributed by atoms with Crippen LogP contribution in [0.2, 0.25) is 0 Å². The fourth-order valence-corrected chi connectivity index (χ4v) is 3.13. The van der Waals surface area contributed by atoms with Crippen molar-refractivity contribution < 1.29 is 10.0 Å². The molecule has 0 aliphatic carbocycles. The molecule has 5 nitrogen and oxygen atoms in total. The molecule has 1 heterocycles. The van der Waals surface area contributed by atoms with Crippen molar-refractivity contribution >= 4 is 29.0 Å². The van der Waals surface area contributed by atoms with Crippen molar-refractivity contribution in [2.75, 3.05) is 13.6 Å². The Labute approximate surface area is 158 Å². The molecular formula is C22H23N3O2. The highest BCUT2D eigenvalue weighted by atomic mass is 16.4. The molecule has 0 saturated carbocycles. The molecule has 138 valence electrons. The lowest BCUT2D eigenvalue weighted by Crippen LogP contribution is -2.12. The third-order valence-corrected chi connectivity index (χ3v) is 4.50. The molecule has 0 radical (unpaired) electrons. The van der Waals surface area contributed by atoms with Gasteiger partial charge in [0, 0.05) is 23.0 Å². The fourth-order valence-electron chi connectivity index (χ4n) is 3.13. The molecule has 3 rings (SSSR count). The van der Waals surface area contributed by atoms with Crippen LogP contribution in [0.3, 0.4) is 0 Å². The van der Waals surface area contributed by atoms with Gasteiger partial charge in [-0.15, -0.1) is 0 Å². The molecular weight excluding hydrogens is 338 g/mol. The minimum atomic E-state index is 0.494. The molecule has 0 bridgehead atoms. The zero-order chi connectivity index (χ0) is 19.1. The van der Waals surface area contributed by atoms with Gasteiger partial charge in [0.15, 0.2) is 6.29 Å². The monoisotopic (exact) mass is 361 g/mol. The van der Waals surface area contributed by atoms with Crippen molar-refractivity contribution in [2.45, 2.75) is 13.0 Å². The molecule has 5 heteroatoms. The Kier molecular flexibility index (Phi) is 6.18. The Hall–Kier alpha value is -3.18. The van der Waals surface area contributed by atoms with E-state index in [1.807, 2.05) is 61.7 Å². The molecule has 0 amide bonds. The van der Waals surface area contributed by atoms with Crippen LogP contribution in [0.1, 0.15) is 28.0 Å². The Bertz CT molecular complexity index is 972. The number of allylic oxidation sites excluding steroid dienone is 1. The Balaban J connectivity index is 1.91. The number of hydrogen-bond acceptors (Lipinski definition) is 4. The SMILES string of the molecule is CNCCCn1c(C=O)cc2ccc(/C=C/C(=N\O)c3ccccc3)cc21. The summed E-state index contributed by atoms with van der Waals surface area (Å²) in [4.78, 5) is 11.4. The summed E-state index contributed by atoms with van der Waals surface area (Å²) in [6.45, 7) is 1.67. The first-order valence-corrected chi connectivity index (χ1v) is 8.95. The normalized spacial score (nSPS) is 12.1. The van der Waals surface area contributed by atoms with Gasteiger partial charge in [0.05, 0.1) is 5.69 Å². The number of carbonyl (C=O) groups excluding carboxylic acids is 1. The number of nitrogens with one attached hydrogen (secondary N) is 1. The number of oxime groups is 1. The standard InChI is InChI=1S/C22H23N3O2/c1-23-12-5-13-25-20(16-26)15-19-10-8-17(14-22(19)25)9-11-21(24-27)18-6-3-2-4-7-18/h2-4,6-11,14-16,23,27H,5,12-13H2,1H3/b11-9+,24-21+. The highest BCUT2D eigenvalue weighted by Crippen LogP contribution is 2.22. The van der Waals surface area contributed by atoms with Crippen molar-refractivity contribution in [1.82, 2.24) is 9.88 Å². The van der Waals surface area contributed by atoms with Crippen LogP contribution in [0.4, 0.5) is 0 Å². The molecule has 2 N–H and O–H groups in total. The number of aromatic nitrogens is 1. The van der Waals surface area contributed by atoms with Gasteiger partial charge < -0.3 is 15.1 Å². The van der Waals surface area contributed by atoms with E-state index in [9.17, 15) is 10.0 Å². The van der Waals surface area contributed by atoms with Gasteiger partial charge >= 0.3 is 0 Å². The molecule has 27 heavy (non-hydrogen) atoms. The average Bonchev–Trinajstić information content (AvgIpc) is 3.06. The maximum atomic E-state index is 11.4. The minimum absolute atomic E-state index is 0.494. The van der Waals surface area contributed by atoms with Crippen LogP contribution in [0.25, 0.3) is 17.0 Å². The third-order valence-electron chi connectivity index (χ3n) is 4.50. The second-order valence-corrected chi connectivity index (χ2v) is 6.30. The van der Waals surface area contributed by atoms with E-state index >= 15 is 0 Å². The number of carbonyl (C=O) groups is 1. The molecule has 0 aliphatic rings. The van der Waals surface area contributed by atoms with Crippen LogP contribution < -0.4 is 5.32 Å². The quantitative estimate of drug-likeness (QED) is 0.210. The van der Waals surface area contributed by atoms with Crippen LogP contribution >= 0.6 is 0 Å². The molecule has 2 aromatic carbocycles. The first-order valence-electron chi connectivity index (χ1n) is 8.95. The van der Waals surface area contributed by atoms with Crippen LogP contribution in [-0.2, 0) is 6.54 Å². The number of nitrogens with zero attached hydrogens (tertiary/aromatic N) is 2. The van der Waals surface area contributed by atoms with Crippen molar-refractivity contribution in [3.63, 3.8) is 0 Å². The first-order chi connectivity index (χ1) is 13.3. The zero-order valence-electron chi connectivity index (χ0n) is 15.3. The molecule has 0 spiro atoms. The highest BCUT2D eigenvalue weighted by molar-refractivity contribution is 6.10. The van der Waals surface area contributed by atoms with Crippen LogP contribution in [-0.4, -0.2) is 35.4 Å². The van der Waals surface area contributed by atoms with Crippen molar-refractivity contribution in [2.24, 2.45) is 5.16 Å². The fraction of sp³-hybridized carbons (Fsp3) is 0.182. The highest BCUT2D eigenvalue weighted by Gasteiger charge is 2.08. The lowest BCUT2D eigenvalue weighted by Gasteiger charge is -2.08. The summed E-state index contributed by atoms with van der Waals surface area (Å²) in [6.07, 6.45) is 5.54. The van der Waals surface area contributed by atoms with Gasteiger partial charge in [-0.05, 0) is 43.8 Å². The molecule has 0 unspecified atom stereocenters. The second-order valence-electron chi connectivity index (χ2n) is 6.30. The largest absolute Gasteiger partial charge is 0.410 e. The van der Waals surface area contributed by atoms with Gasteiger partial charge in [-0.25, -0.2) is 0 Å². The number of aryl methyl sites for hydroxylation is 1. The number of benzene rings is 2. The smallest absolute Gasteiger partial charge is 0.166 e. The van der Waals surface area contributed by atoms with Gasteiger partial charge in [0.25, 0.3) is 0 Å². The van der Waals surface area contributed by atoms with Crippen LogP contribution in [0, 0.1) is 0 Å². The lowest BCUT2D eigenvalue weighted by atomic mass is 10.1. The molecule has 0 aliphatic heterocycles. The topological polar surface area (TPSA) is 66.6 Å². The average molecular weight is 361 g/mol. The van der Waals surface area contributed by atoms with Gasteiger partial charge in [-0.3, -0.25) is 4.79 Å². The minimum Gasteiger partial charge on any atom is -0.410 e. The van der Waals surface area contributed by atoms with Gasteiger partial charge in [-0.1, -0.05) is 53.7 Å². The van der Waals surface area contributed by atoms with E-state index in [2.05, 4.69) is 21.1 Å². The maximum absolute atomic E-state index is 11.4. The summed E-state index contributed by atoms with van der Waals surface area (Å²) in [7, 11) is 1.92. The van der Waals surface area contributed by atoms with Gasteiger partial charge in [0.1, 0.15) is 5.71 Å². The second kappa shape index (κ2) is 8.96. The number of fused-ring (bicyclic) bond motifs is 1. The third kappa shape index (κ3) is 4.33. The summed E-state index contributed by atoms with van der Waals surface area (Å²) in [5.74, 6) is 0. The number of aldehydes is 1. The molecule has 0 saturated heterocycles. The van der Waals surface area contributed by atoms with Gasteiger partial charge in [-0.2, -0.15) is 0 Å². The maximum Gasteiger partial charge on any atom is 0.166 e. The van der Waals surface area contributed by atoms with E-state index in [1.165, 1.54) is 0 Å². The molecule has 0 atom stereocenters. The summed E-state index contributed by atoms with van der Waals surface area (Å²) in [5, 5.41) is 16.9. The van der Waals surface area contributed by atoms with Crippen LogP contribution in [0.5, 0.6) is 0 Å². The van der Waals surface area contributed by atoms with Crippen LogP contribution in [0.15, 0.2) is 65.8 Å². The molecule has 0 fully saturated rings. The Morgan fingerprint density at radius 1 is 1.19 bits per heavy atom. The van der Waals surface area contributed by atoms with Crippen molar-refractivity contribution in [3.8, 4) is 0 Å². The van der Waals surface area contributed by atoms with Crippen molar-refractivity contribution in [1.29, 1.82) is 0 Å². The van der Waals surface area contributed by atoms with Crippen molar-refractivity contribution in [3.05, 3.63) is 77.5 Å². The summed E-state index contributed by atoms with van der Waals surface area (Å²) in [6, 6.07) is 17.5. The number of rotatable bonds is 8. The Morgan fingerprint density at radius 2 is 2.00 bits per heavy atom. The van der Waals surface area contributed by atoms with Gasteiger partial charge in [0.2, 0.25) is 0 Å². The lowest BCUT2D eigenvalue weighted by molar-refractivity contribution is 0.111. The van der Waals surface area contributed by atoms with E-state index in [-0.39, 0.29) is 0 Å². The molecule has 3 aromatic rings. The summed E-state index contributed by atoms with van der Waals surface area (Å²) >= 11 is 0. The van der Waals surface area contributed by atoms with E-state index in [4.69, 9.17) is 0 Å². The zero-order valence-corrected chi connectivity index (χ0v) is 15.3. The predicted molar refractivity (Wildman–Crippen MR) is 110 cm³/mol. The van der Waals surface area contributed by atoms with E-state index in [1.54, 1.807) is 6.08 Å². The first kappa shape index (κ1) is 18.6. The van der Waals surface area contributed by atoms with E-state index in [0.717, 1.165) is 47.8 Å². The van der Waals surface area contributed by atoms with E-state index in [0.29, 0.717) is 11.4 Å². The Morgan fingerprint density at radius 3 is 2.70 bits per heavy atom.